The molecule has 1 saturated heterocycles. The third-order valence-corrected chi connectivity index (χ3v) is 5.15. The number of rotatable bonds is 4. The van der Waals surface area contributed by atoms with Crippen LogP contribution in [0, 0.1) is 12.8 Å². The molecule has 1 aliphatic heterocycles. The van der Waals surface area contributed by atoms with E-state index in [1.54, 1.807) is 0 Å². The number of nitrogens with zero attached hydrogens (tertiary/aromatic N) is 3. The van der Waals surface area contributed by atoms with Crippen molar-refractivity contribution in [2.24, 2.45) is 5.92 Å². The largest absolute Gasteiger partial charge is 0.476 e. The number of likely N-dealkylation sites (tertiary alicyclic amines) is 1. The van der Waals surface area contributed by atoms with Crippen molar-refractivity contribution in [2.45, 2.75) is 46.0 Å². The number of carbonyl (C=O) groups is 1. The molecule has 1 aromatic carbocycles. The highest BCUT2D eigenvalue weighted by Gasteiger charge is 2.25. The molecule has 1 fully saturated rings. The Morgan fingerprint density at radius 1 is 1.11 bits per heavy atom. The van der Waals surface area contributed by atoms with Crippen molar-refractivity contribution in [2.75, 3.05) is 19.7 Å². The zero-order valence-corrected chi connectivity index (χ0v) is 16.7. The van der Waals surface area contributed by atoms with Gasteiger partial charge in [-0.25, -0.2) is 0 Å². The second-order valence-electron chi connectivity index (χ2n) is 8.37. The first-order valence-electron chi connectivity index (χ1n) is 9.66. The summed E-state index contributed by atoms with van der Waals surface area (Å²) in [4.78, 5) is 14.7. The molecule has 0 saturated carbocycles. The van der Waals surface area contributed by atoms with Gasteiger partial charge in [0.05, 0.1) is 12.3 Å². The number of hydrogen-bond donors (Lipinski definition) is 0. The zero-order chi connectivity index (χ0) is 19.4. The molecule has 0 radical (unpaired) electrons. The van der Waals surface area contributed by atoms with Crippen LogP contribution in [0.15, 0.2) is 36.4 Å². The van der Waals surface area contributed by atoms with Crippen LogP contribution in [0.2, 0.25) is 0 Å². The van der Waals surface area contributed by atoms with E-state index in [1.165, 1.54) is 0 Å². The van der Waals surface area contributed by atoms with Crippen molar-refractivity contribution in [3.63, 3.8) is 0 Å². The molecule has 0 bridgehead atoms. The van der Waals surface area contributed by atoms with Crippen molar-refractivity contribution in [1.82, 2.24) is 15.1 Å². The van der Waals surface area contributed by atoms with Gasteiger partial charge in [-0.1, -0.05) is 39.0 Å². The Bertz CT molecular complexity index is 773. The third-order valence-electron chi connectivity index (χ3n) is 5.15. The lowest BCUT2D eigenvalue weighted by Gasteiger charge is -2.32. The molecule has 144 valence electrons. The fraction of sp³-hybridized carbons (Fsp3) is 0.500. The van der Waals surface area contributed by atoms with E-state index in [0.717, 1.165) is 42.8 Å². The van der Waals surface area contributed by atoms with Crippen molar-refractivity contribution >= 4 is 5.91 Å². The highest BCUT2D eigenvalue weighted by atomic mass is 16.5. The topological polar surface area (TPSA) is 55.3 Å². The highest BCUT2D eigenvalue weighted by Crippen LogP contribution is 2.23. The second kappa shape index (κ2) is 8.07. The Kier molecular flexibility index (Phi) is 5.78. The van der Waals surface area contributed by atoms with Crippen LogP contribution in [0.5, 0.6) is 5.88 Å². The maximum absolute atomic E-state index is 12.7. The first kappa shape index (κ1) is 19.3. The van der Waals surface area contributed by atoms with Gasteiger partial charge in [0, 0.05) is 30.1 Å². The van der Waals surface area contributed by atoms with Gasteiger partial charge in [-0.3, -0.25) is 4.79 Å². The standard InChI is InChI=1S/C22H29N3O2/c1-16-7-5-6-8-18(16)21(26)25-13-11-17(12-14-25)15-27-20-10-9-19(23-24-20)22(2,3)4/h5-10,17H,11-15H2,1-4H3. The first-order valence-corrected chi connectivity index (χ1v) is 9.66. The molecule has 27 heavy (non-hydrogen) atoms. The smallest absolute Gasteiger partial charge is 0.254 e. The first-order chi connectivity index (χ1) is 12.8. The minimum absolute atomic E-state index is 0.0119. The summed E-state index contributed by atoms with van der Waals surface area (Å²) in [5, 5.41) is 8.45. The Balaban J connectivity index is 1.48. The molecule has 2 heterocycles. The number of aromatic nitrogens is 2. The van der Waals surface area contributed by atoms with Gasteiger partial charge in [0.2, 0.25) is 5.88 Å². The minimum atomic E-state index is -0.0119. The molecule has 0 atom stereocenters. The molecule has 0 N–H and O–H groups in total. The van der Waals surface area contributed by atoms with Gasteiger partial charge in [-0.15, -0.1) is 5.10 Å². The highest BCUT2D eigenvalue weighted by molar-refractivity contribution is 5.95. The summed E-state index contributed by atoms with van der Waals surface area (Å²) in [7, 11) is 0. The molecule has 5 nitrogen and oxygen atoms in total. The Morgan fingerprint density at radius 3 is 2.41 bits per heavy atom. The average Bonchev–Trinajstić information content (AvgIpc) is 2.66. The summed E-state index contributed by atoms with van der Waals surface area (Å²) < 4.78 is 5.84. The predicted octanol–water partition coefficient (Wildman–Crippen LogP) is 4.01. The van der Waals surface area contributed by atoms with Crippen LogP contribution in [-0.2, 0) is 5.41 Å². The van der Waals surface area contributed by atoms with Gasteiger partial charge >= 0.3 is 0 Å². The molecule has 0 spiro atoms. The van der Waals surface area contributed by atoms with Gasteiger partial charge in [-0.05, 0) is 43.4 Å². The summed E-state index contributed by atoms with van der Waals surface area (Å²) in [5.41, 5.74) is 2.78. The lowest BCUT2D eigenvalue weighted by molar-refractivity contribution is 0.0658. The second-order valence-corrected chi connectivity index (χ2v) is 8.37. The molecule has 3 rings (SSSR count). The molecule has 1 amide bonds. The van der Waals surface area contributed by atoms with Crippen molar-refractivity contribution in [3.05, 3.63) is 53.2 Å². The van der Waals surface area contributed by atoms with Gasteiger partial charge in [0.25, 0.3) is 5.91 Å². The van der Waals surface area contributed by atoms with Crippen molar-refractivity contribution in [3.8, 4) is 5.88 Å². The van der Waals surface area contributed by atoms with Crippen LogP contribution in [0.3, 0.4) is 0 Å². The van der Waals surface area contributed by atoms with E-state index >= 15 is 0 Å². The fourth-order valence-corrected chi connectivity index (χ4v) is 3.29. The maximum Gasteiger partial charge on any atom is 0.254 e. The summed E-state index contributed by atoms with van der Waals surface area (Å²) in [5.74, 6) is 1.15. The molecule has 2 aromatic rings. The van der Waals surface area contributed by atoms with Crippen LogP contribution in [0.4, 0.5) is 0 Å². The maximum atomic E-state index is 12.7. The Morgan fingerprint density at radius 2 is 1.81 bits per heavy atom. The number of carbonyl (C=O) groups excluding carboxylic acids is 1. The lowest BCUT2D eigenvalue weighted by atomic mass is 9.92. The quantitative estimate of drug-likeness (QED) is 0.819. The number of benzene rings is 1. The SMILES string of the molecule is Cc1ccccc1C(=O)N1CCC(COc2ccc(C(C)(C)C)nn2)CC1. The van der Waals surface area contributed by atoms with E-state index in [4.69, 9.17) is 4.74 Å². The Labute approximate surface area is 161 Å². The Hall–Kier alpha value is -2.43. The lowest BCUT2D eigenvalue weighted by Crippen LogP contribution is -2.40. The van der Waals surface area contributed by atoms with Crippen LogP contribution in [0.25, 0.3) is 0 Å². The van der Waals surface area contributed by atoms with Crippen LogP contribution < -0.4 is 4.74 Å². The monoisotopic (exact) mass is 367 g/mol. The summed E-state index contributed by atoms with van der Waals surface area (Å²) >= 11 is 0. The molecular weight excluding hydrogens is 338 g/mol. The summed E-state index contributed by atoms with van der Waals surface area (Å²) in [6.07, 6.45) is 1.90. The molecular formula is C22H29N3O2. The number of hydrogen-bond acceptors (Lipinski definition) is 4. The van der Waals surface area contributed by atoms with E-state index in [9.17, 15) is 4.79 Å². The van der Waals surface area contributed by atoms with E-state index in [0.29, 0.717) is 18.4 Å². The summed E-state index contributed by atoms with van der Waals surface area (Å²) in [6, 6.07) is 11.7. The van der Waals surface area contributed by atoms with Crippen LogP contribution in [0.1, 0.15) is 55.2 Å². The number of ether oxygens (including phenoxy) is 1. The van der Waals surface area contributed by atoms with Crippen molar-refractivity contribution < 1.29 is 9.53 Å². The van der Waals surface area contributed by atoms with E-state index in [1.807, 2.05) is 48.2 Å². The summed E-state index contributed by atoms with van der Waals surface area (Å²) in [6.45, 7) is 10.5. The number of piperidine rings is 1. The van der Waals surface area contributed by atoms with Gasteiger partial charge in [0.1, 0.15) is 0 Å². The van der Waals surface area contributed by atoms with Crippen LogP contribution >= 0.6 is 0 Å². The van der Waals surface area contributed by atoms with Crippen molar-refractivity contribution in [1.29, 1.82) is 0 Å². The molecule has 0 aliphatic carbocycles. The molecule has 5 heteroatoms. The van der Waals surface area contributed by atoms with Gasteiger partial charge in [-0.2, -0.15) is 5.10 Å². The van der Waals surface area contributed by atoms with E-state index < -0.39 is 0 Å². The normalized spacial score (nSPS) is 15.6. The fourth-order valence-electron chi connectivity index (χ4n) is 3.29. The van der Waals surface area contributed by atoms with E-state index in [-0.39, 0.29) is 11.3 Å². The predicted molar refractivity (Wildman–Crippen MR) is 106 cm³/mol. The number of amides is 1. The molecule has 1 aromatic heterocycles. The molecule has 1 aliphatic rings. The zero-order valence-electron chi connectivity index (χ0n) is 16.7. The third kappa shape index (κ3) is 4.85. The molecule has 0 unspecified atom stereocenters. The average molecular weight is 367 g/mol. The van der Waals surface area contributed by atoms with Crippen LogP contribution in [-0.4, -0.2) is 40.7 Å². The van der Waals surface area contributed by atoms with Gasteiger partial charge < -0.3 is 9.64 Å². The minimum Gasteiger partial charge on any atom is -0.476 e. The van der Waals surface area contributed by atoms with E-state index in [2.05, 4.69) is 31.0 Å². The van der Waals surface area contributed by atoms with Gasteiger partial charge in [0.15, 0.2) is 0 Å². The number of aryl methyl sites for hydroxylation is 1.